The molecule has 2 aromatic rings. The average Bonchev–Trinajstić information content (AvgIpc) is 3.02. The highest BCUT2D eigenvalue weighted by molar-refractivity contribution is 5.95. The number of rotatable bonds is 3. The van der Waals surface area contributed by atoms with Gasteiger partial charge < -0.3 is 10.6 Å². The van der Waals surface area contributed by atoms with Gasteiger partial charge in [0.1, 0.15) is 6.33 Å². The normalized spacial score (nSPS) is 20.2. The van der Waals surface area contributed by atoms with Crippen LogP contribution in [-0.2, 0) is 4.79 Å². The number of nitrogens with zero attached hydrogens (tertiary/aromatic N) is 4. The zero-order valence-electron chi connectivity index (χ0n) is 13.7. The van der Waals surface area contributed by atoms with Gasteiger partial charge in [-0.25, -0.2) is 4.68 Å². The van der Waals surface area contributed by atoms with Crippen molar-refractivity contribution in [3.8, 4) is 5.69 Å². The Labute approximate surface area is 135 Å². The van der Waals surface area contributed by atoms with Gasteiger partial charge in [0.05, 0.1) is 11.7 Å². The van der Waals surface area contributed by atoms with Crippen LogP contribution in [0.3, 0.4) is 0 Å². The molecule has 1 aromatic carbocycles. The summed E-state index contributed by atoms with van der Waals surface area (Å²) in [5, 5.41) is 17.6. The first-order chi connectivity index (χ1) is 11.0. The smallest absolute Gasteiger partial charge is 0.242 e. The molecule has 1 unspecified atom stereocenters. The van der Waals surface area contributed by atoms with Crippen molar-refractivity contribution in [2.75, 3.05) is 11.9 Å². The van der Waals surface area contributed by atoms with Gasteiger partial charge in [-0.1, -0.05) is 19.9 Å². The fraction of sp³-hybridized carbons (Fsp3) is 0.500. The summed E-state index contributed by atoms with van der Waals surface area (Å²) in [6.07, 6.45) is 3.69. The van der Waals surface area contributed by atoms with Crippen molar-refractivity contribution in [2.24, 2.45) is 5.41 Å². The topological polar surface area (TPSA) is 84.7 Å². The van der Waals surface area contributed by atoms with Crippen molar-refractivity contribution in [3.63, 3.8) is 0 Å². The summed E-state index contributed by atoms with van der Waals surface area (Å²) in [7, 11) is 0. The van der Waals surface area contributed by atoms with E-state index in [1.807, 2.05) is 25.1 Å². The number of amides is 1. The molecule has 2 heterocycles. The second-order valence-electron chi connectivity index (χ2n) is 6.72. The minimum Gasteiger partial charge on any atom is -0.325 e. The van der Waals surface area contributed by atoms with Gasteiger partial charge in [-0.2, -0.15) is 0 Å². The number of piperidine rings is 1. The number of benzene rings is 1. The minimum absolute atomic E-state index is 0.00113. The van der Waals surface area contributed by atoms with Crippen LogP contribution >= 0.6 is 0 Å². The molecule has 0 bridgehead atoms. The van der Waals surface area contributed by atoms with Crippen LogP contribution in [0.1, 0.15) is 32.3 Å². The molecule has 0 saturated carbocycles. The molecule has 7 heteroatoms. The first kappa shape index (κ1) is 15.6. The predicted octanol–water partition coefficient (Wildman–Crippen LogP) is 1.69. The van der Waals surface area contributed by atoms with Gasteiger partial charge in [0.15, 0.2) is 0 Å². The lowest BCUT2D eigenvalue weighted by Crippen LogP contribution is -2.53. The number of hydrogen-bond acceptors (Lipinski definition) is 5. The maximum atomic E-state index is 12.6. The van der Waals surface area contributed by atoms with Crippen LogP contribution in [0.25, 0.3) is 5.69 Å². The molecule has 1 aromatic heterocycles. The van der Waals surface area contributed by atoms with E-state index in [-0.39, 0.29) is 17.4 Å². The molecule has 3 rings (SSSR count). The van der Waals surface area contributed by atoms with Gasteiger partial charge in [-0.15, -0.1) is 5.10 Å². The summed E-state index contributed by atoms with van der Waals surface area (Å²) in [5.74, 6) is 0.00113. The lowest BCUT2D eigenvalue weighted by Gasteiger charge is -2.38. The predicted molar refractivity (Wildman–Crippen MR) is 87.3 cm³/mol. The van der Waals surface area contributed by atoms with Gasteiger partial charge in [0.2, 0.25) is 5.91 Å². The van der Waals surface area contributed by atoms with Crippen LogP contribution in [0.15, 0.2) is 24.5 Å². The molecule has 0 spiro atoms. The second kappa shape index (κ2) is 6.08. The molecular weight excluding hydrogens is 292 g/mol. The van der Waals surface area contributed by atoms with Crippen LogP contribution < -0.4 is 10.6 Å². The van der Waals surface area contributed by atoms with Gasteiger partial charge in [-0.05, 0) is 59.8 Å². The minimum atomic E-state index is -0.186. The monoisotopic (exact) mass is 314 g/mol. The summed E-state index contributed by atoms with van der Waals surface area (Å²) >= 11 is 0. The van der Waals surface area contributed by atoms with E-state index in [1.165, 1.54) is 0 Å². The molecule has 1 saturated heterocycles. The number of aryl methyl sites for hydroxylation is 1. The Morgan fingerprint density at radius 3 is 2.96 bits per heavy atom. The van der Waals surface area contributed by atoms with Crippen molar-refractivity contribution in [3.05, 3.63) is 30.1 Å². The number of hydrogen-bond donors (Lipinski definition) is 2. The highest BCUT2D eigenvalue weighted by Crippen LogP contribution is 2.31. The standard InChI is InChI=1S/C16H22N6O/c1-11-5-6-12(9-13(11)22-10-18-20-21-22)19-15(23)14-16(2,3)7-4-8-17-14/h5-6,9-10,14,17H,4,7-8H2,1-3H3,(H,19,23). The zero-order valence-corrected chi connectivity index (χ0v) is 13.7. The van der Waals surface area contributed by atoms with Crippen molar-refractivity contribution in [2.45, 2.75) is 39.7 Å². The van der Waals surface area contributed by atoms with Crippen LogP contribution in [0, 0.1) is 12.3 Å². The summed E-state index contributed by atoms with van der Waals surface area (Å²) in [4.78, 5) is 12.6. The number of carbonyl (C=O) groups excluding carboxylic acids is 1. The van der Waals surface area contributed by atoms with Crippen LogP contribution in [0.5, 0.6) is 0 Å². The number of nitrogens with one attached hydrogen (secondary N) is 2. The number of tetrazole rings is 1. The van der Waals surface area contributed by atoms with E-state index < -0.39 is 0 Å². The fourth-order valence-corrected chi connectivity index (χ4v) is 3.08. The highest BCUT2D eigenvalue weighted by atomic mass is 16.2. The Hall–Kier alpha value is -2.28. The molecule has 1 amide bonds. The third-order valence-electron chi connectivity index (χ3n) is 4.46. The third-order valence-corrected chi connectivity index (χ3v) is 4.46. The third kappa shape index (κ3) is 3.24. The summed E-state index contributed by atoms with van der Waals surface area (Å²) < 4.78 is 1.59. The first-order valence-corrected chi connectivity index (χ1v) is 7.86. The fourth-order valence-electron chi connectivity index (χ4n) is 3.08. The van der Waals surface area contributed by atoms with Crippen LogP contribution in [0.4, 0.5) is 5.69 Å². The summed E-state index contributed by atoms with van der Waals surface area (Å²) in [6, 6.07) is 5.55. The maximum absolute atomic E-state index is 12.6. The van der Waals surface area contributed by atoms with Crippen molar-refractivity contribution < 1.29 is 4.79 Å². The Morgan fingerprint density at radius 1 is 1.43 bits per heavy atom. The van der Waals surface area contributed by atoms with E-state index in [1.54, 1.807) is 11.0 Å². The Balaban J connectivity index is 1.80. The Kier molecular flexibility index (Phi) is 4.12. The van der Waals surface area contributed by atoms with Crippen LogP contribution in [-0.4, -0.2) is 38.7 Å². The molecule has 1 aliphatic heterocycles. The molecule has 1 atom stereocenters. The zero-order chi connectivity index (χ0) is 16.4. The molecule has 0 radical (unpaired) electrons. The highest BCUT2D eigenvalue weighted by Gasteiger charge is 2.37. The number of anilines is 1. The van der Waals surface area contributed by atoms with E-state index in [2.05, 4.69) is 40.0 Å². The molecule has 23 heavy (non-hydrogen) atoms. The van der Waals surface area contributed by atoms with Crippen molar-refractivity contribution >= 4 is 11.6 Å². The van der Waals surface area contributed by atoms with Crippen molar-refractivity contribution in [1.29, 1.82) is 0 Å². The Bertz CT molecular complexity index is 695. The van der Waals surface area contributed by atoms with Crippen LogP contribution in [0.2, 0.25) is 0 Å². The number of aromatic nitrogens is 4. The molecule has 122 valence electrons. The van der Waals surface area contributed by atoms with E-state index in [0.717, 1.165) is 36.3 Å². The number of carbonyl (C=O) groups is 1. The lowest BCUT2D eigenvalue weighted by atomic mass is 9.77. The molecule has 1 aliphatic rings. The largest absolute Gasteiger partial charge is 0.325 e. The van der Waals surface area contributed by atoms with Gasteiger partial charge >= 0.3 is 0 Å². The second-order valence-corrected chi connectivity index (χ2v) is 6.72. The Morgan fingerprint density at radius 2 is 2.26 bits per heavy atom. The first-order valence-electron chi connectivity index (χ1n) is 7.86. The maximum Gasteiger partial charge on any atom is 0.242 e. The lowest BCUT2D eigenvalue weighted by molar-refractivity contribution is -0.121. The van der Waals surface area contributed by atoms with E-state index in [4.69, 9.17) is 0 Å². The van der Waals surface area contributed by atoms with E-state index >= 15 is 0 Å². The van der Waals surface area contributed by atoms with Crippen molar-refractivity contribution in [1.82, 2.24) is 25.5 Å². The quantitative estimate of drug-likeness (QED) is 0.900. The SMILES string of the molecule is Cc1ccc(NC(=O)C2NCCCC2(C)C)cc1-n1cnnn1. The molecule has 1 fully saturated rings. The van der Waals surface area contributed by atoms with Gasteiger partial charge in [0, 0.05) is 5.69 Å². The molecule has 7 nitrogen and oxygen atoms in total. The van der Waals surface area contributed by atoms with E-state index in [9.17, 15) is 4.79 Å². The summed E-state index contributed by atoms with van der Waals surface area (Å²) in [6.45, 7) is 7.12. The van der Waals surface area contributed by atoms with Gasteiger partial charge in [0.25, 0.3) is 0 Å². The summed E-state index contributed by atoms with van der Waals surface area (Å²) in [5.41, 5.74) is 2.58. The molecule has 2 N–H and O–H groups in total. The molecule has 0 aliphatic carbocycles. The van der Waals surface area contributed by atoms with Gasteiger partial charge in [-0.3, -0.25) is 4.79 Å². The average molecular weight is 314 g/mol. The molecular formula is C16H22N6O. The van der Waals surface area contributed by atoms with E-state index in [0.29, 0.717) is 0 Å².